The van der Waals surface area contributed by atoms with Gasteiger partial charge in [0.05, 0.1) is 28.8 Å². The average molecular weight is 1180 g/mol. The van der Waals surface area contributed by atoms with Crippen LogP contribution in [0.15, 0.2) is 82.6 Å². The van der Waals surface area contributed by atoms with Crippen molar-refractivity contribution in [3.05, 3.63) is 101 Å². The summed E-state index contributed by atoms with van der Waals surface area (Å²) in [5.41, 5.74) is 10.6. The molecular formula is C89H34N2OS. The molecule has 1 unspecified atom stereocenters. The lowest BCUT2D eigenvalue weighted by Gasteiger charge is -2.52. The van der Waals surface area contributed by atoms with Crippen LogP contribution in [0.3, 0.4) is 0 Å². The number of hydrogen-bond donors (Lipinski definition) is 0. The average Bonchev–Trinajstić information content (AvgIpc) is 1.38. The molecule has 1 fully saturated rings. The number of benzene rings is 21. The molecule has 37 rings (SSSR count). The monoisotopic (exact) mass is 1180 g/mol. The molecule has 4 aliphatic carbocycles. The third-order valence-corrected chi connectivity index (χ3v) is 31.8. The number of hydrogen-bond acceptors (Lipinski definition) is 4. The smallest absolute Gasteiger partial charge is 0.119 e. The van der Waals surface area contributed by atoms with Gasteiger partial charge in [0.1, 0.15) is 5.75 Å². The fourth-order valence-electron chi connectivity index (χ4n) is 29.6. The van der Waals surface area contributed by atoms with Gasteiger partial charge in [0.2, 0.25) is 0 Å². The van der Waals surface area contributed by atoms with Crippen molar-refractivity contribution in [3.8, 4) is 5.75 Å². The third kappa shape index (κ3) is 2.74. The molecule has 3 nitrogen and oxygen atoms in total. The zero-order valence-electron chi connectivity index (χ0n) is 49.6. The minimum absolute atomic E-state index is 0.112. The van der Waals surface area contributed by atoms with Crippen LogP contribution in [-0.4, -0.2) is 31.6 Å². The second-order valence-corrected chi connectivity index (χ2v) is 33.6. The Morgan fingerprint density at radius 3 is 0.935 bits per heavy atom. The maximum atomic E-state index is 6.84. The Bertz CT molecular complexity index is 8340. The van der Waals surface area contributed by atoms with Crippen molar-refractivity contribution in [2.45, 2.75) is 65.2 Å². The maximum Gasteiger partial charge on any atom is 0.119 e. The Kier molecular flexibility index (Phi) is 4.55. The van der Waals surface area contributed by atoms with Gasteiger partial charge in [-0.15, -0.1) is 0 Å². The number of ether oxygens (including phenoxy) is 1. The zero-order chi connectivity index (χ0) is 56.9. The van der Waals surface area contributed by atoms with E-state index >= 15 is 0 Å². The molecule has 4 heteroatoms. The van der Waals surface area contributed by atoms with Gasteiger partial charge < -0.3 is 9.64 Å². The lowest BCUT2D eigenvalue weighted by molar-refractivity contribution is 0.270. The van der Waals surface area contributed by atoms with E-state index in [4.69, 9.17) is 4.74 Å². The fourth-order valence-corrected chi connectivity index (χ4v) is 30.7. The highest BCUT2D eigenvalue weighted by atomic mass is 32.2. The first-order valence-electron chi connectivity index (χ1n) is 35.1. The lowest BCUT2D eigenvalue weighted by Crippen LogP contribution is -2.51. The fraction of sp³-hybridized carbons (Fsp3) is 0.146. The van der Waals surface area contributed by atoms with Crippen LogP contribution in [0.1, 0.15) is 72.4 Å². The normalized spacial score (nSPS) is 21.3. The summed E-state index contributed by atoms with van der Waals surface area (Å²) in [6.07, 6.45) is 7.27. The quantitative estimate of drug-likeness (QED) is 0.0947. The van der Waals surface area contributed by atoms with Gasteiger partial charge in [-0.1, -0.05) is 73.8 Å². The van der Waals surface area contributed by atoms with E-state index in [1.807, 2.05) is 11.8 Å². The van der Waals surface area contributed by atoms with Gasteiger partial charge in [0.25, 0.3) is 0 Å². The van der Waals surface area contributed by atoms with Gasteiger partial charge in [0, 0.05) is 28.9 Å². The van der Waals surface area contributed by atoms with Crippen LogP contribution in [-0.2, 0) is 10.8 Å². The van der Waals surface area contributed by atoms with Crippen molar-refractivity contribution in [1.82, 2.24) is 4.90 Å². The second kappa shape index (κ2) is 10.5. The molecular weight excluding hydrogens is 1150 g/mol. The minimum atomic E-state index is -0.364. The number of anilines is 2. The van der Waals surface area contributed by atoms with Crippen LogP contribution >= 0.6 is 11.8 Å². The first-order valence-corrected chi connectivity index (χ1v) is 35.9. The number of unbranched alkanes of at least 4 members (excludes halogenated alkanes) is 5. The van der Waals surface area contributed by atoms with E-state index in [-0.39, 0.29) is 16.9 Å². The highest BCUT2D eigenvalue weighted by molar-refractivity contribution is 7.99. The van der Waals surface area contributed by atoms with Crippen molar-refractivity contribution in [3.63, 3.8) is 0 Å². The summed E-state index contributed by atoms with van der Waals surface area (Å²) in [6.45, 7) is 2.85. The molecule has 0 amide bonds. The summed E-state index contributed by atoms with van der Waals surface area (Å²) in [7, 11) is 2.59. The van der Waals surface area contributed by atoms with Gasteiger partial charge in [-0.2, -0.15) is 0 Å². The summed E-state index contributed by atoms with van der Waals surface area (Å²) in [5.74, 6) is 1.02. The van der Waals surface area contributed by atoms with Gasteiger partial charge >= 0.3 is 0 Å². The zero-order valence-corrected chi connectivity index (χ0v) is 50.4. The summed E-state index contributed by atoms with van der Waals surface area (Å²) >= 11 is 1.91. The molecule has 0 saturated carbocycles. The molecule has 0 radical (unpaired) electrons. The molecule has 93 heavy (non-hydrogen) atoms. The molecule has 6 aliphatic rings. The number of para-hydroxylation sites is 2. The number of likely N-dealkylation sites (N-methyl/N-ethyl adjacent to an activating group) is 1. The topological polar surface area (TPSA) is 15.7 Å². The van der Waals surface area contributed by atoms with Crippen LogP contribution in [0.25, 0.3) is 291 Å². The van der Waals surface area contributed by atoms with Crippen molar-refractivity contribution in [2.24, 2.45) is 0 Å². The third-order valence-electron chi connectivity index (χ3n) is 30.7. The molecule has 31 aromatic carbocycles. The minimum Gasteiger partial charge on any atom is -0.494 e. The van der Waals surface area contributed by atoms with Crippen LogP contribution in [0.2, 0.25) is 0 Å². The SMILES string of the molecule is CN1CC23c4c5c6c7c8c9c(c%10c%11c2c2c4c4c%12c5c5c6c6c8c8c%13c9c9c%10c%10c%11c%11c2c2c4c4c%12c%12c5c5c6c8c6c8c%13c9c9c%10c%10c%11c2c2c4c4c%12c5c6c5c8c9c%10c2c45)C73C1c1ccc(OCCCCCCCCN2c3ccccc3Sc3ccccc32)cc1. The number of rotatable bonds is 11. The Hall–Kier alpha value is -9.97. The van der Waals surface area contributed by atoms with Crippen molar-refractivity contribution in [1.29, 1.82) is 0 Å². The molecule has 0 N–H and O–H groups in total. The molecule has 2 heterocycles. The lowest BCUT2D eigenvalue weighted by atomic mass is 9.47. The van der Waals surface area contributed by atoms with E-state index in [1.165, 1.54) is 58.8 Å². The molecule has 2 spiro atoms. The van der Waals surface area contributed by atoms with E-state index in [2.05, 4.69) is 89.6 Å². The Morgan fingerprint density at radius 2 is 0.602 bits per heavy atom. The Balaban J connectivity index is 0.639. The number of nitrogens with zero attached hydrogens (tertiary/aromatic N) is 2. The maximum absolute atomic E-state index is 6.84. The highest BCUT2D eigenvalue weighted by Gasteiger charge is 2.76. The molecule has 1 atom stereocenters. The molecule has 1 saturated heterocycles. The van der Waals surface area contributed by atoms with Gasteiger partial charge in [0.15, 0.2) is 0 Å². The highest BCUT2D eigenvalue weighted by Crippen LogP contribution is 2.87. The summed E-state index contributed by atoms with van der Waals surface area (Å²) < 4.78 is 6.84. The van der Waals surface area contributed by atoms with E-state index in [1.54, 1.807) is 313 Å². The van der Waals surface area contributed by atoms with Gasteiger partial charge in [-0.25, -0.2) is 0 Å². The van der Waals surface area contributed by atoms with Crippen LogP contribution in [0, 0.1) is 0 Å². The van der Waals surface area contributed by atoms with Crippen LogP contribution in [0.4, 0.5) is 11.4 Å². The largest absolute Gasteiger partial charge is 0.494 e. The summed E-state index contributed by atoms with van der Waals surface area (Å²) in [4.78, 5) is 8.27. The van der Waals surface area contributed by atoms with E-state index in [0.29, 0.717) is 0 Å². The Labute approximate surface area is 523 Å². The number of fused-ring (bicyclic) bond motifs is 2. The van der Waals surface area contributed by atoms with Crippen molar-refractivity contribution in [2.75, 3.05) is 31.6 Å². The standard InChI is InChI=1S/C89H34N2OS/c1-90-22-88-83-75-67-57-47-39-31-29-30-33-37-35(31)43-51-45(37)55-49-41(33)42-34(30)38-36-32(29)40(39)48-54-44(36)52-46(38)56-50(42)60-59(49)71-65(55)73-63(51)69(61(67)53(43)47)77(83)79(73)85-81(71)82-72(60)66(56)74-64(52)70-62(54)68(58(48)57)76(75)84(88)78(70)80(74)86(82)89(85,88)87(90)23-16-18-24(19-17-23)92-21-11-5-3-2-4-10-20-91-25-12-6-8-14-27(25)93-28-15-9-7-13-26(28)91/h6-9,12-19,87H,2-5,10-11,20-22H2,1H3. The second-order valence-electron chi connectivity index (χ2n) is 32.5. The first-order chi connectivity index (χ1) is 46.3. The van der Waals surface area contributed by atoms with Gasteiger partial charge in [-0.05, 0) is 375 Å². The summed E-state index contributed by atoms with van der Waals surface area (Å²) in [5, 5.41) is 90.1. The van der Waals surface area contributed by atoms with Crippen molar-refractivity contribution >= 4 is 314 Å². The Morgan fingerprint density at radius 1 is 0.323 bits per heavy atom. The molecule has 31 aromatic rings. The van der Waals surface area contributed by atoms with E-state index < -0.39 is 0 Å². The predicted octanol–water partition coefficient (Wildman–Crippen LogP) is 24.0. The van der Waals surface area contributed by atoms with E-state index in [9.17, 15) is 0 Å². The first kappa shape index (κ1) is 40.1. The predicted molar refractivity (Wildman–Crippen MR) is 393 cm³/mol. The van der Waals surface area contributed by atoms with E-state index in [0.717, 1.165) is 31.9 Å². The molecule has 2 aliphatic heterocycles. The van der Waals surface area contributed by atoms with Crippen LogP contribution < -0.4 is 9.64 Å². The molecule has 0 aromatic heterocycles. The van der Waals surface area contributed by atoms with Gasteiger partial charge in [-0.3, -0.25) is 4.90 Å². The number of likely N-dealkylation sites (tertiary alicyclic amines) is 1. The summed E-state index contributed by atoms with van der Waals surface area (Å²) in [6, 6.07) is 28.0. The molecule has 0 bridgehead atoms. The van der Waals surface area contributed by atoms with Crippen LogP contribution in [0.5, 0.6) is 5.75 Å². The molecule has 412 valence electrons. The van der Waals surface area contributed by atoms with Crippen molar-refractivity contribution < 1.29 is 4.74 Å².